The minimum Gasteiger partial charge on any atom is -0.497 e. The number of benzene rings is 2. The second-order valence-corrected chi connectivity index (χ2v) is 5.29. The Kier molecular flexibility index (Phi) is 3.39. The molecule has 0 aromatic heterocycles. The maximum atomic E-state index is 12.1. The van der Waals surface area contributed by atoms with E-state index >= 15 is 0 Å². The lowest BCUT2D eigenvalue weighted by atomic mass is 9.88. The first-order chi connectivity index (χ1) is 10.1. The van der Waals surface area contributed by atoms with E-state index in [1.807, 2.05) is 55.5 Å². The van der Waals surface area contributed by atoms with Gasteiger partial charge in [0.05, 0.1) is 13.2 Å². The van der Waals surface area contributed by atoms with Crippen LogP contribution in [0.3, 0.4) is 0 Å². The Labute approximate surface area is 124 Å². The molecule has 0 bridgehead atoms. The predicted molar refractivity (Wildman–Crippen MR) is 82.4 cm³/mol. The van der Waals surface area contributed by atoms with Crippen LogP contribution >= 0.6 is 0 Å². The van der Waals surface area contributed by atoms with Crippen molar-refractivity contribution in [1.29, 1.82) is 0 Å². The van der Waals surface area contributed by atoms with Crippen LogP contribution in [0.15, 0.2) is 48.5 Å². The van der Waals surface area contributed by atoms with Gasteiger partial charge in [-0.1, -0.05) is 29.8 Å². The van der Waals surface area contributed by atoms with Gasteiger partial charge in [0.1, 0.15) is 11.8 Å². The number of rotatable bonds is 3. The predicted octanol–water partition coefficient (Wildman–Crippen LogP) is 2.42. The van der Waals surface area contributed by atoms with E-state index in [4.69, 9.17) is 10.5 Å². The van der Waals surface area contributed by atoms with Crippen molar-refractivity contribution < 1.29 is 9.53 Å². The Morgan fingerprint density at radius 2 is 1.67 bits per heavy atom. The number of carbonyl (C=O) groups is 1. The van der Waals surface area contributed by atoms with Gasteiger partial charge in [-0.2, -0.15) is 0 Å². The molecule has 108 valence electrons. The number of hydrogen-bond donors (Lipinski definition) is 1. The van der Waals surface area contributed by atoms with Gasteiger partial charge in [0.15, 0.2) is 0 Å². The van der Waals surface area contributed by atoms with Gasteiger partial charge < -0.3 is 15.4 Å². The maximum absolute atomic E-state index is 12.1. The maximum Gasteiger partial charge on any atom is 0.247 e. The molecule has 0 spiro atoms. The molecule has 3 rings (SSSR count). The second-order valence-electron chi connectivity index (χ2n) is 5.29. The third-order valence-electron chi connectivity index (χ3n) is 3.91. The van der Waals surface area contributed by atoms with Gasteiger partial charge >= 0.3 is 0 Å². The monoisotopic (exact) mass is 282 g/mol. The van der Waals surface area contributed by atoms with Gasteiger partial charge in [-0.05, 0) is 36.8 Å². The van der Waals surface area contributed by atoms with Crippen molar-refractivity contribution in [2.75, 3.05) is 12.0 Å². The van der Waals surface area contributed by atoms with Gasteiger partial charge in [-0.15, -0.1) is 0 Å². The first kappa shape index (κ1) is 13.6. The van der Waals surface area contributed by atoms with Crippen molar-refractivity contribution in [3.8, 4) is 5.75 Å². The number of aryl methyl sites for hydroxylation is 1. The first-order valence-corrected chi connectivity index (χ1v) is 6.91. The molecule has 1 aliphatic heterocycles. The number of carbonyl (C=O) groups excluding carboxylic acids is 1. The van der Waals surface area contributed by atoms with Crippen molar-refractivity contribution in [3.63, 3.8) is 0 Å². The summed E-state index contributed by atoms with van der Waals surface area (Å²) in [6.07, 6.45) is 0. The molecule has 0 saturated carbocycles. The second kappa shape index (κ2) is 5.22. The molecule has 0 unspecified atom stereocenters. The Morgan fingerprint density at radius 3 is 2.24 bits per heavy atom. The summed E-state index contributed by atoms with van der Waals surface area (Å²) in [5.41, 5.74) is 9.07. The van der Waals surface area contributed by atoms with E-state index < -0.39 is 6.04 Å². The molecular weight excluding hydrogens is 264 g/mol. The summed E-state index contributed by atoms with van der Waals surface area (Å²) in [6.45, 7) is 2.02. The molecule has 21 heavy (non-hydrogen) atoms. The van der Waals surface area contributed by atoms with E-state index in [0.717, 1.165) is 22.6 Å². The molecule has 1 saturated heterocycles. The number of hydrogen-bond acceptors (Lipinski definition) is 3. The van der Waals surface area contributed by atoms with Crippen molar-refractivity contribution in [2.24, 2.45) is 5.73 Å². The van der Waals surface area contributed by atoms with E-state index in [1.165, 1.54) is 0 Å². The molecule has 4 nitrogen and oxygen atoms in total. The number of amides is 1. The zero-order chi connectivity index (χ0) is 15.0. The Bertz CT molecular complexity index is 649. The molecule has 4 heteroatoms. The lowest BCUT2D eigenvalue weighted by molar-refractivity contribution is -0.126. The quantitative estimate of drug-likeness (QED) is 0.880. The van der Waals surface area contributed by atoms with E-state index in [1.54, 1.807) is 12.0 Å². The minimum atomic E-state index is -0.486. The highest BCUT2D eigenvalue weighted by molar-refractivity contribution is 6.05. The third kappa shape index (κ3) is 2.28. The summed E-state index contributed by atoms with van der Waals surface area (Å²) in [4.78, 5) is 13.9. The first-order valence-electron chi connectivity index (χ1n) is 6.91. The molecule has 1 heterocycles. The summed E-state index contributed by atoms with van der Waals surface area (Å²) in [7, 11) is 1.63. The van der Waals surface area contributed by atoms with Gasteiger partial charge in [0, 0.05) is 5.69 Å². The van der Waals surface area contributed by atoms with Crippen LogP contribution in [0.1, 0.15) is 17.2 Å². The number of ether oxygens (including phenoxy) is 1. The van der Waals surface area contributed by atoms with Crippen LogP contribution in [0.25, 0.3) is 0 Å². The Hall–Kier alpha value is -2.33. The zero-order valence-corrected chi connectivity index (χ0v) is 12.1. The normalized spacial score (nSPS) is 21.1. The number of anilines is 1. The van der Waals surface area contributed by atoms with Gasteiger partial charge in [0.25, 0.3) is 0 Å². The van der Waals surface area contributed by atoms with Gasteiger partial charge in [0.2, 0.25) is 5.91 Å². The molecule has 2 atom stereocenters. The molecule has 2 N–H and O–H groups in total. The summed E-state index contributed by atoms with van der Waals surface area (Å²) >= 11 is 0. The molecule has 1 fully saturated rings. The summed E-state index contributed by atoms with van der Waals surface area (Å²) in [5, 5.41) is 0. The van der Waals surface area contributed by atoms with E-state index in [-0.39, 0.29) is 11.9 Å². The molecule has 1 amide bonds. The van der Waals surface area contributed by atoms with Crippen LogP contribution in [0.4, 0.5) is 5.69 Å². The fourth-order valence-corrected chi connectivity index (χ4v) is 2.66. The Morgan fingerprint density at radius 1 is 1.05 bits per heavy atom. The largest absolute Gasteiger partial charge is 0.497 e. The van der Waals surface area contributed by atoms with Crippen molar-refractivity contribution in [3.05, 3.63) is 59.7 Å². The van der Waals surface area contributed by atoms with E-state index in [0.29, 0.717) is 0 Å². The number of β-lactam (4-membered cyclic amide) rings is 1. The molecule has 2 aromatic rings. The summed E-state index contributed by atoms with van der Waals surface area (Å²) in [5.74, 6) is 0.750. The number of methoxy groups -OCH3 is 1. The van der Waals surface area contributed by atoms with Crippen LogP contribution in [0, 0.1) is 6.92 Å². The molecule has 1 aliphatic rings. The Balaban J connectivity index is 1.92. The van der Waals surface area contributed by atoms with Crippen LogP contribution in [0.2, 0.25) is 0 Å². The lowest BCUT2D eigenvalue weighted by Crippen LogP contribution is -2.63. The molecule has 0 aliphatic carbocycles. The smallest absolute Gasteiger partial charge is 0.247 e. The standard InChI is InChI=1S/C17H18N2O2/c1-11-3-7-13(8-4-11)19-16(15(18)17(19)20)12-5-9-14(21-2)10-6-12/h3-10,15-16H,18H2,1-2H3/t15-,16+/m1/s1. The van der Waals surface area contributed by atoms with Crippen molar-refractivity contribution >= 4 is 11.6 Å². The fraction of sp³-hybridized carbons (Fsp3) is 0.235. The lowest BCUT2D eigenvalue weighted by Gasteiger charge is -2.45. The average molecular weight is 282 g/mol. The molecule has 0 radical (unpaired) electrons. The molecular formula is C17H18N2O2. The molecule has 2 aromatic carbocycles. The fourth-order valence-electron chi connectivity index (χ4n) is 2.66. The highest BCUT2D eigenvalue weighted by atomic mass is 16.5. The van der Waals surface area contributed by atoms with Crippen molar-refractivity contribution in [1.82, 2.24) is 0 Å². The zero-order valence-electron chi connectivity index (χ0n) is 12.1. The van der Waals surface area contributed by atoms with Gasteiger partial charge in [-0.3, -0.25) is 4.79 Å². The summed E-state index contributed by atoms with van der Waals surface area (Å²) < 4.78 is 5.16. The number of nitrogens with zero attached hydrogens (tertiary/aromatic N) is 1. The third-order valence-corrected chi connectivity index (χ3v) is 3.91. The van der Waals surface area contributed by atoms with Crippen LogP contribution < -0.4 is 15.4 Å². The van der Waals surface area contributed by atoms with Crippen LogP contribution in [-0.4, -0.2) is 19.1 Å². The van der Waals surface area contributed by atoms with E-state index in [2.05, 4.69) is 0 Å². The highest BCUT2D eigenvalue weighted by Gasteiger charge is 2.46. The topological polar surface area (TPSA) is 55.6 Å². The SMILES string of the molecule is COc1ccc([C@H]2[C@@H](N)C(=O)N2c2ccc(C)cc2)cc1. The van der Waals surface area contributed by atoms with Gasteiger partial charge in [-0.25, -0.2) is 0 Å². The number of nitrogens with two attached hydrogens (primary N) is 1. The highest BCUT2D eigenvalue weighted by Crippen LogP contribution is 2.38. The van der Waals surface area contributed by atoms with Crippen molar-refractivity contribution in [2.45, 2.75) is 19.0 Å². The van der Waals surface area contributed by atoms with Crippen LogP contribution in [-0.2, 0) is 4.79 Å². The summed E-state index contributed by atoms with van der Waals surface area (Å²) in [6, 6.07) is 15.0. The van der Waals surface area contributed by atoms with Crippen LogP contribution in [0.5, 0.6) is 5.75 Å². The van der Waals surface area contributed by atoms with E-state index in [9.17, 15) is 4.79 Å². The minimum absolute atomic E-state index is 0.0420. The average Bonchev–Trinajstić information content (AvgIpc) is 2.53.